The van der Waals surface area contributed by atoms with Crippen LogP contribution in [0.25, 0.3) is 31.5 Å². The van der Waals surface area contributed by atoms with Crippen LogP contribution in [0.5, 0.6) is 0 Å². The molecule has 4 atom stereocenters. The fourth-order valence-corrected chi connectivity index (χ4v) is 8.96. The van der Waals surface area contributed by atoms with Gasteiger partial charge >= 0.3 is 0 Å². The number of nitrogens with zero attached hydrogens (tertiary/aromatic N) is 4. The molecule has 0 bridgehead atoms. The molecule has 0 radical (unpaired) electrons. The van der Waals surface area contributed by atoms with E-state index in [0.717, 1.165) is 66.4 Å². The van der Waals surface area contributed by atoms with Gasteiger partial charge in [0.05, 0.1) is 25.5 Å². The molecule has 0 spiro atoms. The molecule has 0 aliphatic heterocycles. The SMILES string of the molecule is [C-]#[N+]c1cc2c(Br)cn([C@@H]3CC[C@@H](OS(C)(=O)=O)C3)c2cc1C.[C-]#[N+]c1cc2c(Br)cn([C@@H]3CC[C@H](SC)C3)c2cc1C. The lowest BCUT2D eigenvalue weighted by molar-refractivity contribution is 0.214. The second-order valence-electron chi connectivity index (χ2n) is 11.5. The normalized spacial score (nSPS) is 22.0. The Hall–Kier alpha value is -2.28. The van der Waals surface area contributed by atoms with Crippen molar-refractivity contribution in [3.8, 4) is 0 Å². The summed E-state index contributed by atoms with van der Waals surface area (Å²) in [6.45, 7) is 18.5. The number of fused-ring (bicyclic) bond motifs is 2. The Morgan fingerprint density at radius 2 is 1.33 bits per heavy atom. The van der Waals surface area contributed by atoms with E-state index in [1.807, 2.05) is 50.0 Å². The monoisotopic (exact) mass is 744 g/mol. The van der Waals surface area contributed by atoms with Gasteiger partial charge in [-0.05, 0) is 126 Å². The molecule has 0 unspecified atom stereocenters. The number of halogens is 2. The van der Waals surface area contributed by atoms with Crippen LogP contribution in [0.1, 0.15) is 61.7 Å². The number of hydrogen-bond acceptors (Lipinski definition) is 4. The van der Waals surface area contributed by atoms with Crippen LogP contribution in [-0.2, 0) is 14.3 Å². The first-order valence-electron chi connectivity index (χ1n) is 14.2. The maximum atomic E-state index is 11.3. The van der Waals surface area contributed by atoms with Crippen molar-refractivity contribution in [2.45, 2.75) is 75.8 Å². The van der Waals surface area contributed by atoms with Gasteiger partial charge in [0.25, 0.3) is 10.1 Å². The van der Waals surface area contributed by atoms with Crippen LogP contribution in [0.3, 0.4) is 0 Å². The number of thioether (sulfide) groups is 1. The maximum absolute atomic E-state index is 11.3. The Kier molecular flexibility index (Phi) is 9.70. The standard InChI is InChI=1S/C16H17BrN2O3S.C16H17BrN2S/c1-10-6-16-13(8-15(10)18-2)14(17)9-19(16)11-4-5-12(7-11)22-23(3,20)21;1-10-6-16-13(8-15(10)18-2)14(17)9-19(16)11-4-5-12(7-11)20-3/h6,8-9,11-12H,4-5,7H2,1,3H3;6,8-9,11-12H,4-5,7H2,1,3H3/t11-,12-;11-,12+/m11/s1. The Labute approximate surface area is 275 Å². The van der Waals surface area contributed by atoms with E-state index in [0.29, 0.717) is 18.2 Å². The van der Waals surface area contributed by atoms with E-state index in [-0.39, 0.29) is 12.1 Å². The second-order valence-corrected chi connectivity index (χ2v) is 16.0. The van der Waals surface area contributed by atoms with E-state index in [9.17, 15) is 8.42 Å². The van der Waals surface area contributed by atoms with Crippen LogP contribution >= 0.6 is 43.6 Å². The van der Waals surface area contributed by atoms with Gasteiger partial charge in [-0.2, -0.15) is 20.2 Å². The van der Waals surface area contributed by atoms with Crippen molar-refractivity contribution >= 4 is 86.9 Å². The fourth-order valence-electron chi connectivity index (χ4n) is 6.43. The van der Waals surface area contributed by atoms with Crippen LogP contribution in [-0.4, -0.2) is 41.4 Å². The Morgan fingerprint density at radius 3 is 1.77 bits per heavy atom. The molecule has 226 valence electrons. The third-order valence-electron chi connectivity index (χ3n) is 8.59. The average molecular weight is 747 g/mol. The molecule has 2 saturated carbocycles. The minimum absolute atomic E-state index is 0.203. The van der Waals surface area contributed by atoms with Gasteiger partial charge in [0, 0.05) is 60.5 Å². The number of rotatable bonds is 5. The predicted octanol–water partition coefficient (Wildman–Crippen LogP) is 10.1. The molecule has 2 fully saturated rings. The summed E-state index contributed by atoms with van der Waals surface area (Å²) in [6, 6.07) is 8.91. The van der Waals surface area contributed by atoms with Gasteiger partial charge in [-0.25, -0.2) is 9.69 Å². The first kappa shape index (κ1) is 32.1. The summed E-state index contributed by atoms with van der Waals surface area (Å²) in [5.74, 6) is 0. The first-order chi connectivity index (χ1) is 20.4. The number of aryl methyl sites for hydroxylation is 2. The summed E-state index contributed by atoms with van der Waals surface area (Å²) in [7, 11) is -3.42. The largest absolute Gasteiger partial charge is 0.343 e. The summed E-state index contributed by atoms with van der Waals surface area (Å²) < 4.78 is 34.4. The summed E-state index contributed by atoms with van der Waals surface area (Å²) in [5.41, 5.74) is 5.74. The zero-order valence-corrected chi connectivity index (χ0v) is 29.4. The van der Waals surface area contributed by atoms with Gasteiger partial charge < -0.3 is 9.13 Å². The van der Waals surface area contributed by atoms with Gasteiger partial charge in [-0.15, -0.1) is 0 Å². The van der Waals surface area contributed by atoms with Crippen molar-refractivity contribution in [2.24, 2.45) is 0 Å². The smallest absolute Gasteiger partial charge is 0.264 e. The molecule has 0 amide bonds. The molecular weight excluding hydrogens is 712 g/mol. The highest BCUT2D eigenvalue weighted by Crippen LogP contribution is 2.42. The van der Waals surface area contributed by atoms with Crippen LogP contribution in [0.4, 0.5) is 11.4 Å². The van der Waals surface area contributed by atoms with E-state index in [2.05, 4.69) is 69.2 Å². The predicted molar refractivity (Wildman–Crippen MR) is 184 cm³/mol. The number of benzene rings is 2. The molecule has 6 rings (SSSR count). The quantitative estimate of drug-likeness (QED) is 0.151. The van der Waals surface area contributed by atoms with E-state index in [1.165, 1.54) is 24.8 Å². The van der Waals surface area contributed by atoms with Crippen LogP contribution in [0, 0.1) is 27.0 Å². The molecular formula is C32H34Br2N4O3S2. The molecule has 4 aromatic rings. The summed E-state index contributed by atoms with van der Waals surface area (Å²) in [4.78, 5) is 7.16. The molecule has 0 N–H and O–H groups in total. The zero-order chi connectivity index (χ0) is 31.1. The van der Waals surface area contributed by atoms with E-state index in [1.54, 1.807) is 0 Å². The highest BCUT2D eigenvalue weighted by atomic mass is 79.9. The van der Waals surface area contributed by atoms with Crippen molar-refractivity contribution in [3.05, 3.63) is 79.6 Å². The summed E-state index contributed by atoms with van der Waals surface area (Å²) >= 11 is 9.21. The lowest BCUT2D eigenvalue weighted by Gasteiger charge is -2.15. The molecule has 7 nitrogen and oxygen atoms in total. The molecule has 2 aromatic heterocycles. The van der Waals surface area contributed by atoms with E-state index >= 15 is 0 Å². The van der Waals surface area contributed by atoms with Crippen LogP contribution < -0.4 is 0 Å². The molecule has 11 heteroatoms. The highest BCUT2D eigenvalue weighted by Gasteiger charge is 2.30. The maximum Gasteiger partial charge on any atom is 0.264 e. The minimum atomic E-state index is -3.42. The molecule has 2 aromatic carbocycles. The Morgan fingerprint density at radius 1 is 0.837 bits per heavy atom. The van der Waals surface area contributed by atoms with Crippen molar-refractivity contribution < 1.29 is 12.6 Å². The number of hydrogen-bond donors (Lipinski definition) is 0. The molecule has 2 aliphatic rings. The van der Waals surface area contributed by atoms with Gasteiger partial charge in [-0.3, -0.25) is 4.18 Å². The lowest BCUT2D eigenvalue weighted by atomic mass is 10.1. The minimum Gasteiger partial charge on any atom is -0.343 e. The van der Waals surface area contributed by atoms with Gasteiger partial charge in [0.15, 0.2) is 11.4 Å². The third-order valence-corrected chi connectivity index (χ3v) is 11.6. The van der Waals surface area contributed by atoms with Crippen molar-refractivity contribution in [1.82, 2.24) is 9.13 Å². The second kappa shape index (κ2) is 13.0. The van der Waals surface area contributed by atoms with E-state index < -0.39 is 10.1 Å². The molecule has 43 heavy (non-hydrogen) atoms. The van der Waals surface area contributed by atoms with Crippen LogP contribution in [0.15, 0.2) is 45.6 Å². The Bertz CT molecular complexity index is 1880. The van der Waals surface area contributed by atoms with E-state index in [4.69, 9.17) is 17.3 Å². The fraction of sp³-hybridized carbons (Fsp3) is 0.438. The van der Waals surface area contributed by atoms with Gasteiger partial charge in [0.2, 0.25) is 0 Å². The zero-order valence-electron chi connectivity index (χ0n) is 24.6. The van der Waals surface area contributed by atoms with Gasteiger partial charge in [0.1, 0.15) is 0 Å². The summed E-state index contributed by atoms with van der Waals surface area (Å²) in [6.07, 6.45) is 13.4. The highest BCUT2D eigenvalue weighted by molar-refractivity contribution is 9.11. The average Bonchev–Trinajstić information content (AvgIpc) is 3.74. The summed E-state index contributed by atoms with van der Waals surface area (Å²) in [5, 5.41) is 2.96. The van der Waals surface area contributed by atoms with Gasteiger partial charge in [-0.1, -0.05) is 0 Å². The van der Waals surface area contributed by atoms with Crippen molar-refractivity contribution in [1.29, 1.82) is 0 Å². The molecule has 2 heterocycles. The topological polar surface area (TPSA) is 62.0 Å². The molecule has 2 aliphatic carbocycles. The Balaban J connectivity index is 0.000000173. The van der Waals surface area contributed by atoms with Crippen molar-refractivity contribution in [3.63, 3.8) is 0 Å². The third kappa shape index (κ3) is 6.87. The van der Waals surface area contributed by atoms with Crippen LogP contribution in [0.2, 0.25) is 0 Å². The van der Waals surface area contributed by atoms with Crippen molar-refractivity contribution in [2.75, 3.05) is 12.5 Å². The lowest BCUT2D eigenvalue weighted by Crippen LogP contribution is -2.15. The first-order valence-corrected chi connectivity index (χ1v) is 18.9. The molecule has 0 saturated heterocycles. The number of aromatic nitrogens is 2.